The molecule has 1 aliphatic heterocycles. The van der Waals surface area contributed by atoms with Crippen molar-refractivity contribution in [2.24, 2.45) is 0 Å². The summed E-state index contributed by atoms with van der Waals surface area (Å²) in [7, 11) is -0.0735. The molecule has 1 heterocycles. The summed E-state index contributed by atoms with van der Waals surface area (Å²) >= 11 is 0. The minimum atomic E-state index is -0.0735. The average molecular weight is 168 g/mol. The summed E-state index contributed by atoms with van der Waals surface area (Å²) in [4.78, 5) is 0. The molecule has 0 aromatic rings. The standard InChI is InChI=1S/C9H17BO2/c1-2-3-4-5-7-10-11-8-6-9-12-10/h5,7H,2-4,6,8-9H2,1H3/b7-5-. The van der Waals surface area contributed by atoms with E-state index in [1.807, 2.05) is 5.98 Å². The third-order valence-electron chi connectivity index (χ3n) is 1.87. The first-order valence-electron chi connectivity index (χ1n) is 4.83. The van der Waals surface area contributed by atoms with Crippen molar-refractivity contribution in [1.29, 1.82) is 0 Å². The van der Waals surface area contributed by atoms with E-state index in [4.69, 9.17) is 9.31 Å². The molecule has 2 nitrogen and oxygen atoms in total. The Balaban J connectivity index is 2.07. The van der Waals surface area contributed by atoms with Gasteiger partial charge in [-0.05, 0) is 12.8 Å². The third kappa shape index (κ3) is 3.93. The lowest BCUT2D eigenvalue weighted by Gasteiger charge is -2.16. The predicted molar refractivity (Wildman–Crippen MR) is 50.9 cm³/mol. The molecular formula is C9H17BO2. The van der Waals surface area contributed by atoms with Crippen molar-refractivity contribution in [2.75, 3.05) is 13.2 Å². The zero-order valence-electron chi connectivity index (χ0n) is 7.79. The van der Waals surface area contributed by atoms with E-state index in [1.54, 1.807) is 0 Å². The summed E-state index contributed by atoms with van der Waals surface area (Å²) in [6, 6.07) is 0. The Morgan fingerprint density at radius 2 is 2.08 bits per heavy atom. The Morgan fingerprint density at radius 1 is 1.33 bits per heavy atom. The van der Waals surface area contributed by atoms with Gasteiger partial charge in [0.25, 0.3) is 0 Å². The maximum absolute atomic E-state index is 5.35. The SMILES string of the molecule is CCCC/C=C\B1OCCCO1. The van der Waals surface area contributed by atoms with E-state index >= 15 is 0 Å². The Hall–Kier alpha value is -0.275. The highest BCUT2D eigenvalue weighted by molar-refractivity contribution is 6.50. The lowest BCUT2D eigenvalue weighted by atomic mass is 9.88. The quantitative estimate of drug-likeness (QED) is 0.473. The first-order valence-corrected chi connectivity index (χ1v) is 4.83. The summed E-state index contributed by atoms with van der Waals surface area (Å²) in [6.07, 6.45) is 6.82. The third-order valence-corrected chi connectivity index (χ3v) is 1.87. The maximum atomic E-state index is 5.35. The molecule has 0 aromatic carbocycles. The van der Waals surface area contributed by atoms with Gasteiger partial charge in [-0.2, -0.15) is 0 Å². The van der Waals surface area contributed by atoms with Crippen LogP contribution in [0.3, 0.4) is 0 Å². The minimum absolute atomic E-state index is 0.0735. The van der Waals surface area contributed by atoms with Gasteiger partial charge in [-0.3, -0.25) is 0 Å². The molecule has 1 rings (SSSR count). The van der Waals surface area contributed by atoms with Gasteiger partial charge in [0.2, 0.25) is 0 Å². The molecule has 1 fully saturated rings. The van der Waals surface area contributed by atoms with Gasteiger partial charge in [-0.25, -0.2) is 0 Å². The van der Waals surface area contributed by atoms with Crippen molar-refractivity contribution in [2.45, 2.75) is 32.6 Å². The number of unbranched alkanes of at least 4 members (excludes halogenated alkanes) is 2. The number of hydrogen-bond acceptors (Lipinski definition) is 2. The molecule has 0 bridgehead atoms. The van der Waals surface area contributed by atoms with E-state index in [9.17, 15) is 0 Å². The Bertz CT molecular complexity index is 130. The van der Waals surface area contributed by atoms with Crippen molar-refractivity contribution in [3.8, 4) is 0 Å². The molecule has 0 aliphatic carbocycles. The maximum Gasteiger partial charge on any atom is 0.485 e. The van der Waals surface area contributed by atoms with Crippen molar-refractivity contribution in [3.05, 3.63) is 12.1 Å². The van der Waals surface area contributed by atoms with Crippen LogP contribution in [0.4, 0.5) is 0 Å². The summed E-state index contributed by atoms with van der Waals surface area (Å²) in [5.74, 6) is 2.02. The van der Waals surface area contributed by atoms with Gasteiger partial charge in [0.15, 0.2) is 0 Å². The van der Waals surface area contributed by atoms with Crippen molar-refractivity contribution < 1.29 is 9.31 Å². The molecule has 1 saturated heterocycles. The number of hydrogen-bond donors (Lipinski definition) is 0. The molecule has 0 saturated carbocycles. The van der Waals surface area contributed by atoms with Crippen LogP contribution in [0.15, 0.2) is 12.1 Å². The lowest BCUT2D eigenvalue weighted by Crippen LogP contribution is -2.27. The van der Waals surface area contributed by atoms with E-state index in [-0.39, 0.29) is 7.12 Å². The van der Waals surface area contributed by atoms with Crippen LogP contribution in [0.1, 0.15) is 32.6 Å². The van der Waals surface area contributed by atoms with Gasteiger partial charge < -0.3 is 9.31 Å². The Labute approximate surface area is 75.1 Å². The Kier molecular flexibility index (Phi) is 5.12. The zero-order valence-corrected chi connectivity index (χ0v) is 7.79. The van der Waals surface area contributed by atoms with E-state index in [1.165, 1.54) is 12.8 Å². The van der Waals surface area contributed by atoms with Gasteiger partial charge in [-0.15, -0.1) is 0 Å². The van der Waals surface area contributed by atoms with Crippen molar-refractivity contribution >= 4 is 7.12 Å². The topological polar surface area (TPSA) is 18.5 Å². The van der Waals surface area contributed by atoms with Crippen LogP contribution in [0.25, 0.3) is 0 Å². The number of rotatable bonds is 4. The summed E-state index contributed by atoms with van der Waals surface area (Å²) in [5.41, 5.74) is 0. The van der Waals surface area contributed by atoms with Crippen LogP contribution in [-0.2, 0) is 9.31 Å². The van der Waals surface area contributed by atoms with E-state index in [0.717, 1.165) is 26.1 Å². The van der Waals surface area contributed by atoms with Gasteiger partial charge in [0.1, 0.15) is 0 Å². The molecule has 0 spiro atoms. The van der Waals surface area contributed by atoms with Crippen LogP contribution in [0.2, 0.25) is 0 Å². The van der Waals surface area contributed by atoms with E-state index in [0.29, 0.717) is 0 Å². The van der Waals surface area contributed by atoms with Gasteiger partial charge in [0.05, 0.1) is 0 Å². The summed E-state index contributed by atoms with van der Waals surface area (Å²) in [5, 5.41) is 0. The normalized spacial score (nSPS) is 18.9. The van der Waals surface area contributed by atoms with Crippen molar-refractivity contribution in [3.63, 3.8) is 0 Å². The lowest BCUT2D eigenvalue weighted by molar-refractivity contribution is 0.142. The predicted octanol–water partition coefficient (Wildman–Crippen LogP) is 2.20. The zero-order chi connectivity index (χ0) is 8.65. The molecule has 12 heavy (non-hydrogen) atoms. The van der Waals surface area contributed by atoms with E-state index < -0.39 is 0 Å². The van der Waals surface area contributed by atoms with Crippen LogP contribution < -0.4 is 0 Å². The van der Waals surface area contributed by atoms with Gasteiger partial charge >= 0.3 is 7.12 Å². The fourth-order valence-electron chi connectivity index (χ4n) is 1.15. The first kappa shape index (κ1) is 9.81. The monoisotopic (exact) mass is 168 g/mol. The van der Waals surface area contributed by atoms with Crippen LogP contribution in [0, 0.1) is 0 Å². The molecule has 0 N–H and O–H groups in total. The molecular weight excluding hydrogens is 151 g/mol. The fourth-order valence-corrected chi connectivity index (χ4v) is 1.15. The van der Waals surface area contributed by atoms with Crippen LogP contribution >= 0.6 is 0 Å². The molecule has 3 heteroatoms. The van der Waals surface area contributed by atoms with Gasteiger partial charge in [-0.1, -0.05) is 31.8 Å². The second kappa shape index (κ2) is 6.26. The van der Waals surface area contributed by atoms with E-state index in [2.05, 4.69) is 13.0 Å². The molecule has 0 aromatic heterocycles. The smallest absolute Gasteiger partial charge is 0.408 e. The molecule has 1 aliphatic rings. The van der Waals surface area contributed by atoms with Crippen molar-refractivity contribution in [1.82, 2.24) is 0 Å². The fraction of sp³-hybridized carbons (Fsp3) is 0.778. The Morgan fingerprint density at radius 3 is 2.75 bits per heavy atom. The van der Waals surface area contributed by atoms with Gasteiger partial charge in [0, 0.05) is 13.2 Å². The summed E-state index contributed by atoms with van der Waals surface area (Å²) < 4.78 is 10.7. The highest BCUT2D eigenvalue weighted by atomic mass is 16.6. The summed E-state index contributed by atoms with van der Waals surface area (Å²) in [6.45, 7) is 3.87. The first-order chi connectivity index (χ1) is 5.93. The molecule has 0 radical (unpaired) electrons. The minimum Gasteiger partial charge on any atom is -0.408 e. The van der Waals surface area contributed by atoms with Crippen LogP contribution in [-0.4, -0.2) is 20.3 Å². The second-order valence-electron chi connectivity index (χ2n) is 3.03. The molecule has 0 amide bonds. The molecule has 0 atom stereocenters. The second-order valence-corrected chi connectivity index (χ2v) is 3.03. The van der Waals surface area contributed by atoms with Crippen LogP contribution in [0.5, 0.6) is 0 Å². The highest BCUT2D eigenvalue weighted by Crippen LogP contribution is 2.03. The molecule has 0 unspecified atom stereocenters. The largest absolute Gasteiger partial charge is 0.485 e. The average Bonchev–Trinajstić information content (AvgIpc) is 2.14. The molecule has 68 valence electrons. The highest BCUT2D eigenvalue weighted by Gasteiger charge is 2.16. The number of allylic oxidation sites excluding steroid dienone is 1.